The lowest BCUT2D eigenvalue weighted by atomic mass is 9.89. The summed E-state index contributed by atoms with van der Waals surface area (Å²) in [7, 11) is 0. The summed E-state index contributed by atoms with van der Waals surface area (Å²) in [6.07, 6.45) is 1.91. The Morgan fingerprint density at radius 1 is 1.26 bits per heavy atom. The van der Waals surface area contributed by atoms with Crippen molar-refractivity contribution in [2.75, 3.05) is 37.9 Å². The molecule has 2 saturated heterocycles. The first-order chi connectivity index (χ1) is 11.2. The third-order valence-corrected chi connectivity index (χ3v) is 4.63. The zero-order valence-electron chi connectivity index (χ0n) is 13.7. The third kappa shape index (κ3) is 3.45. The van der Waals surface area contributed by atoms with Crippen LogP contribution in [0.25, 0.3) is 0 Å². The molecule has 1 aromatic rings. The highest BCUT2D eigenvalue weighted by atomic mass is 16.5. The molecule has 0 unspecified atom stereocenters. The van der Waals surface area contributed by atoms with Gasteiger partial charge in [-0.1, -0.05) is 5.16 Å². The molecular weight excluding hydrogens is 296 g/mol. The van der Waals surface area contributed by atoms with Gasteiger partial charge < -0.3 is 19.6 Å². The number of oxime groups is 1. The standard InChI is InChI=1S/C16H24N4O3/c1-11-10-23-8-5-20(11)15-9-14(13-3-6-22-7-4-13)16(18-17-15)12(2)19-21/h9,11,13,21H,3-8,10H2,1-2H3/t11-/m1/s1. The van der Waals surface area contributed by atoms with Crippen molar-refractivity contribution < 1.29 is 14.7 Å². The predicted molar refractivity (Wildman–Crippen MR) is 86.5 cm³/mol. The molecule has 2 aliphatic heterocycles. The van der Waals surface area contributed by atoms with Crippen molar-refractivity contribution in [2.45, 2.75) is 38.6 Å². The van der Waals surface area contributed by atoms with Crippen LogP contribution >= 0.6 is 0 Å². The number of morpholine rings is 1. The van der Waals surface area contributed by atoms with E-state index in [4.69, 9.17) is 14.7 Å². The van der Waals surface area contributed by atoms with E-state index in [0.717, 1.165) is 44.0 Å². The number of rotatable bonds is 3. The largest absolute Gasteiger partial charge is 0.411 e. The molecule has 1 aromatic heterocycles. The average Bonchev–Trinajstić information content (AvgIpc) is 2.62. The number of anilines is 1. The fourth-order valence-corrected chi connectivity index (χ4v) is 3.25. The Bertz CT molecular complexity index is 572. The summed E-state index contributed by atoms with van der Waals surface area (Å²) >= 11 is 0. The summed E-state index contributed by atoms with van der Waals surface area (Å²) in [5.74, 6) is 1.23. The van der Waals surface area contributed by atoms with Crippen LogP contribution in [0.3, 0.4) is 0 Å². The Morgan fingerprint density at radius 2 is 2.04 bits per heavy atom. The molecule has 0 aromatic carbocycles. The lowest BCUT2D eigenvalue weighted by Gasteiger charge is -2.34. The van der Waals surface area contributed by atoms with E-state index in [9.17, 15) is 0 Å². The summed E-state index contributed by atoms with van der Waals surface area (Å²) in [5.41, 5.74) is 2.29. The van der Waals surface area contributed by atoms with Crippen LogP contribution < -0.4 is 4.90 Å². The minimum absolute atomic E-state index is 0.277. The average molecular weight is 320 g/mol. The van der Waals surface area contributed by atoms with E-state index < -0.39 is 0 Å². The lowest BCUT2D eigenvalue weighted by molar-refractivity contribution is 0.0851. The molecule has 0 radical (unpaired) electrons. The zero-order chi connectivity index (χ0) is 16.2. The summed E-state index contributed by atoms with van der Waals surface area (Å²) in [6.45, 7) is 7.61. The van der Waals surface area contributed by atoms with E-state index in [1.165, 1.54) is 0 Å². The molecule has 23 heavy (non-hydrogen) atoms. The first-order valence-corrected chi connectivity index (χ1v) is 8.19. The lowest BCUT2D eigenvalue weighted by Crippen LogP contribution is -2.44. The monoisotopic (exact) mass is 320 g/mol. The number of aromatic nitrogens is 2. The minimum Gasteiger partial charge on any atom is -0.411 e. The van der Waals surface area contributed by atoms with Gasteiger partial charge in [-0.05, 0) is 44.2 Å². The van der Waals surface area contributed by atoms with Gasteiger partial charge in [0.2, 0.25) is 0 Å². The molecule has 126 valence electrons. The second-order valence-corrected chi connectivity index (χ2v) is 6.20. The molecule has 1 N–H and O–H groups in total. The van der Waals surface area contributed by atoms with Gasteiger partial charge in [-0.25, -0.2) is 0 Å². The van der Waals surface area contributed by atoms with Crippen LogP contribution in [0.5, 0.6) is 0 Å². The number of hydrogen-bond donors (Lipinski definition) is 1. The molecule has 0 bridgehead atoms. The summed E-state index contributed by atoms with van der Waals surface area (Å²) in [6, 6.07) is 2.38. The summed E-state index contributed by atoms with van der Waals surface area (Å²) in [5, 5.41) is 21.2. The van der Waals surface area contributed by atoms with Gasteiger partial charge in [-0.3, -0.25) is 0 Å². The molecule has 0 saturated carbocycles. The van der Waals surface area contributed by atoms with E-state index in [2.05, 4.69) is 33.2 Å². The van der Waals surface area contributed by atoms with E-state index in [1.54, 1.807) is 6.92 Å². The van der Waals surface area contributed by atoms with E-state index >= 15 is 0 Å². The summed E-state index contributed by atoms with van der Waals surface area (Å²) in [4.78, 5) is 2.23. The van der Waals surface area contributed by atoms with E-state index in [1.807, 2.05) is 0 Å². The highest BCUT2D eigenvalue weighted by molar-refractivity contribution is 5.98. The Labute approximate surface area is 136 Å². The number of ether oxygens (including phenoxy) is 2. The number of nitrogens with zero attached hydrogens (tertiary/aromatic N) is 4. The highest BCUT2D eigenvalue weighted by Gasteiger charge is 2.26. The van der Waals surface area contributed by atoms with Crippen molar-refractivity contribution in [3.05, 3.63) is 17.3 Å². The fourth-order valence-electron chi connectivity index (χ4n) is 3.25. The fraction of sp³-hybridized carbons (Fsp3) is 0.688. The topological polar surface area (TPSA) is 80.1 Å². The van der Waals surface area contributed by atoms with Gasteiger partial charge in [0.05, 0.1) is 19.3 Å². The second kappa shape index (κ2) is 7.23. The Kier molecular flexibility index (Phi) is 5.07. The Morgan fingerprint density at radius 3 is 2.74 bits per heavy atom. The van der Waals surface area contributed by atoms with Crippen molar-refractivity contribution in [3.8, 4) is 0 Å². The van der Waals surface area contributed by atoms with Gasteiger partial charge in [-0.2, -0.15) is 0 Å². The minimum atomic E-state index is 0.277. The van der Waals surface area contributed by atoms with Crippen molar-refractivity contribution in [1.82, 2.24) is 10.2 Å². The van der Waals surface area contributed by atoms with Gasteiger partial charge in [0.1, 0.15) is 11.4 Å². The molecular formula is C16H24N4O3. The first-order valence-electron chi connectivity index (χ1n) is 8.19. The predicted octanol–water partition coefficient (Wildman–Crippen LogP) is 1.79. The van der Waals surface area contributed by atoms with Crippen LogP contribution in [0.15, 0.2) is 11.2 Å². The molecule has 0 aliphatic carbocycles. The molecule has 3 rings (SSSR count). The quantitative estimate of drug-likeness (QED) is 0.519. The maximum absolute atomic E-state index is 9.14. The molecule has 1 atom stereocenters. The number of hydrogen-bond acceptors (Lipinski definition) is 7. The van der Waals surface area contributed by atoms with Crippen LogP contribution in [-0.4, -0.2) is 60.1 Å². The maximum Gasteiger partial charge on any atom is 0.151 e. The van der Waals surface area contributed by atoms with Crippen LogP contribution in [0.2, 0.25) is 0 Å². The summed E-state index contributed by atoms with van der Waals surface area (Å²) < 4.78 is 11.0. The van der Waals surface area contributed by atoms with Gasteiger partial charge in [0.25, 0.3) is 0 Å². The Hall–Kier alpha value is -1.73. The van der Waals surface area contributed by atoms with Gasteiger partial charge in [0.15, 0.2) is 5.82 Å². The van der Waals surface area contributed by atoms with Gasteiger partial charge >= 0.3 is 0 Å². The van der Waals surface area contributed by atoms with Crippen LogP contribution in [-0.2, 0) is 9.47 Å². The normalized spacial score (nSPS) is 24.0. The smallest absolute Gasteiger partial charge is 0.151 e. The molecule has 2 fully saturated rings. The van der Waals surface area contributed by atoms with Gasteiger partial charge in [-0.15, -0.1) is 10.2 Å². The molecule has 0 spiro atoms. The first kappa shape index (κ1) is 16.1. The third-order valence-electron chi connectivity index (χ3n) is 4.63. The molecule has 7 heteroatoms. The SMILES string of the molecule is CC(=NO)c1nnc(N2CCOC[C@H]2C)cc1C1CCOCC1. The van der Waals surface area contributed by atoms with Crippen molar-refractivity contribution in [1.29, 1.82) is 0 Å². The van der Waals surface area contributed by atoms with Crippen LogP contribution in [0, 0.1) is 0 Å². The van der Waals surface area contributed by atoms with E-state index in [0.29, 0.717) is 30.5 Å². The van der Waals surface area contributed by atoms with Crippen molar-refractivity contribution in [2.24, 2.45) is 5.16 Å². The van der Waals surface area contributed by atoms with Crippen LogP contribution in [0.1, 0.15) is 43.9 Å². The van der Waals surface area contributed by atoms with Crippen molar-refractivity contribution in [3.63, 3.8) is 0 Å². The molecule has 3 heterocycles. The molecule has 7 nitrogen and oxygen atoms in total. The maximum atomic E-state index is 9.14. The Balaban J connectivity index is 1.96. The zero-order valence-corrected chi connectivity index (χ0v) is 13.7. The molecule has 2 aliphatic rings. The van der Waals surface area contributed by atoms with E-state index in [-0.39, 0.29) is 6.04 Å². The van der Waals surface area contributed by atoms with Crippen molar-refractivity contribution >= 4 is 11.5 Å². The van der Waals surface area contributed by atoms with Crippen LogP contribution in [0.4, 0.5) is 5.82 Å². The second-order valence-electron chi connectivity index (χ2n) is 6.20. The highest BCUT2D eigenvalue weighted by Crippen LogP contribution is 2.31. The van der Waals surface area contributed by atoms with Gasteiger partial charge in [0, 0.05) is 19.8 Å². The molecule has 0 amide bonds.